The molecular weight excluding hydrogens is 192 g/mol. The molecule has 2 N–H and O–H groups in total. The summed E-state index contributed by atoms with van der Waals surface area (Å²) in [4.78, 5) is 11.4. The summed E-state index contributed by atoms with van der Waals surface area (Å²) in [6.07, 6.45) is 1.96. The quantitative estimate of drug-likeness (QED) is 0.713. The van der Waals surface area contributed by atoms with Crippen LogP contribution in [0, 0.1) is 0 Å². The van der Waals surface area contributed by atoms with E-state index < -0.39 is 17.5 Å². The van der Waals surface area contributed by atoms with Gasteiger partial charge in [0.1, 0.15) is 6.10 Å². The average molecular weight is 204 g/mol. The van der Waals surface area contributed by atoms with Crippen molar-refractivity contribution in [3.05, 3.63) is 41.5 Å². The van der Waals surface area contributed by atoms with Crippen molar-refractivity contribution in [2.75, 3.05) is 0 Å². The molecule has 2 atom stereocenters. The predicted molar refractivity (Wildman–Crippen MR) is 56.1 cm³/mol. The van der Waals surface area contributed by atoms with Gasteiger partial charge in [0.05, 0.1) is 0 Å². The summed E-state index contributed by atoms with van der Waals surface area (Å²) < 4.78 is 0. The maximum Gasteiger partial charge on any atom is 0.177 e. The Morgan fingerprint density at radius 3 is 2.73 bits per heavy atom. The van der Waals surface area contributed by atoms with E-state index in [4.69, 9.17) is 0 Å². The van der Waals surface area contributed by atoms with E-state index in [0.717, 1.165) is 5.56 Å². The molecule has 15 heavy (non-hydrogen) atoms. The lowest BCUT2D eigenvalue weighted by Gasteiger charge is -2.33. The number of Topliss-reactive ketones (excluding diaryl/α,β-unsaturated/α-hetero) is 1. The molecule has 0 heterocycles. The SMILES string of the molecule is CC(=O)[C@@]1(O)c2ccccc2C=C[C@@H]1O. The third kappa shape index (κ3) is 1.32. The van der Waals surface area contributed by atoms with Crippen LogP contribution < -0.4 is 0 Å². The zero-order chi connectivity index (χ0) is 11.1. The lowest BCUT2D eigenvalue weighted by Crippen LogP contribution is -2.46. The molecule has 1 aliphatic rings. The van der Waals surface area contributed by atoms with Crippen LogP contribution in [0.5, 0.6) is 0 Å². The summed E-state index contributed by atoms with van der Waals surface area (Å²) in [5, 5.41) is 19.9. The van der Waals surface area contributed by atoms with Crippen molar-refractivity contribution in [1.82, 2.24) is 0 Å². The molecule has 0 saturated carbocycles. The largest absolute Gasteiger partial charge is 0.385 e. The smallest absolute Gasteiger partial charge is 0.177 e. The number of carbonyl (C=O) groups excluding carboxylic acids is 1. The van der Waals surface area contributed by atoms with Gasteiger partial charge in [-0.05, 0) is 12.5 Å². The van der Waals surface area contributed by atoms with Gasteiger partial charge in [0, 0.05) is 5.56 Å². The highest BCUT2D eigenvalue weighted by Gasteiger charge is 2.43. The van der Waals surface area contributed by atoms with Gasteiger partial charge in [0.25, 0.3) is 0 Å². The first kappa shape index (κ1) is 10.1. The molecule has 0 saturated heterocycles. The summed E-state index contributed by atoms with van der Waals surface area (Å²) in [6.45, 7) is 1.28. The first-order valence-corrected chi connectivity index (χ1v) is 4.76. The zero-order valence-electron chi connectivity index (χ0n) is 8.34. The number of ketones is 1. The standard InChI is InChI=1S/C12H12O3/c1-8(13)12(15)10-5-3-2-4-9(10)6-7-11(12)14/h2-7,11,14-15H,1H3/t11-,12+/m0/s1. The third-order valence-electron chi connectivity index (χ3n) is 2.79. The van der Waals surface area contributed by atoms with E-state index in [-0.39, 0.29) is 0 Å². The number of aliphatic hydroxyl groups is 2. The Morgan fingerprint density at radius 1 is 1.40 bits per heavy atom. The van der Waals surface area contributed by atoms with Crippen LogP contribution in [-0.2, 0) is 10.4 Å². The fourth-order valence-electron chi connectivity index (χ4n) is 1.88. The van der Waals surface area contributed by atoms with E-state index in [1.807, 2.05) is 6.07 Å². The van der Waals surface area contributed by atoms with Gasteiger partial charge < -0.3 is 10.2 Å². The molecule has 0 fully saturated rings. The molecule has 0 spiro atoms. The summed E-state index contributed by atoms with van der Waals surface area (Å²) >= 11 is 0. The molecule has 0 bridgehead atoms. The van der Waals surface area contributed by atoms with Crippen molar-refractivity contribution in [3.8, 4) is 0 Å². The highest BCUT2D eigenvalue weighted by Crippen LogP contribution is 2.34. The zero-order valence-corrected chi connectivity index (χ0v) is 8.34. The van der Waals surface area contributed by atoms with E-state index in [1.54, 1.807) is 24.3 Å². The fourth-order valence-corrected chi connectivity index (χ4v) is 1.88. The molecule has 0 aromatic heterocycles. The number of fused-ring (bicyclic) bond motifs is 1. The second-order valence-electron chi connectivity index (χ2n) is 3.71. The Bertz CT molecular complexity index is 436. The molecule has 3 heteroatoms. The van der Waals surface area contributed by atoms with E-state index >= 15 is 0 Å². The number of carbonyl (C=O) groups is 1. The van der Waals surface area contributed by atoms with E-state index in [2.05, 4.69) is 0 Å². The van der Waals surface area contributed by atoms with Gasteiger partial charge in [-0.15, -0.1) is 0 Å². The maximum absolute atomic E-state index is 11.4. The lowest BCUT2D eigenvalue weighted by atomic mass is 9.78. The molecule has 1 aliphatic carbocycles. The van der Waals surface area contributed by atoms with Crippen LogP contribution in [0.4, 0.5) is 0 Å². The van der Waals surface area contributed by atoms with E-state index in [0.29, 0.717) is 5.56 Å². The van der Waals surface area contributed by atoms with E-state index in [9.17, 15) is 15.0 Å². The number of aliphatic hydroxyl groups excluding tert-OH is 1. The highest BCUT2D eigenvalue weighted by molar-refractivity contribution is 5.89. The summed E-state index contributed by atoms with van der Waals surface area (Å²) in [5.74, 6) is -0.452. The van der Waals surface area contributed by atoms with Crippen LogP contribution in [0.25, 0.3) is 6.08 Å². The molecule has 2 rings (SSSR count). The van der Waals surface area contributed by atoms with Crippen molar-refractivity contribution in [2.45, 2.75) is 18.6 Å². The van der Waals surface area contributed by atoms with Gasteiger partial charge in [0.15, 0.2) is 11.4 Å². The van der Waals surface area contributed by atoms with Crippen LogP contribution in [0.1, 0.15) is 18.1 Å². The molecule has 0 unspecified atom stereocenters. The van der Waals surface area contributed by atoms with Crippen molar-refractivity contribution in [2.24, 2.45) is 0 Å². The minimum absolute atomic E-state index is 0.452. The molecule has 3 nitrogen and oxygen atoms in total. The van der Waals surface area contributed by atoms with Gasteiger partial charge in [0.2, 0.25) is 0 Å². The van der Waals surface area contributed by atoms with Crippen LogP contribution >= 0.6 is 0 Å². The molecule has 78 valence electrons. The number of rotatable bonds is 1. The molecule has 0 radical (unpaired) electrons. The Labute approximate surface area is 87.7 Å². The Balaban J connectivity index is 2.66. The summed E-state index contributed by atoms with van der Waals surface area (Å²) in [6, 6.07) is 7.01. The molecule has 1 aromatic carbocycles. The monoisotopic (exact) mass is 204 g/mol. The lowest BCUT2D eigenvalue weighted by molar-refractivity contribution is -0.146. The maximum atomic E-state index is 11.4. The van der Waals surface area contributed by atoms with Crippen LogP contribution in [-0.4, -0.2) is 22.1 Å². The molecular formula is C12H12O3. The Hall–Kier alpha value is -1.45. The second-order valence-corrected chi connectivity index (χ2v) is 3.71. The molecule has 0 amide bonds. The second kappa shape index (κ2) is 3.29. The third-order valence-corrected chi connectivity index (χ3v) is 2.79. The molecule has 1 aromatic rings. The van der Waals surface area contributed by atoms with Crippen LogP contribution in [0.15, 0.2) is 30.3 Å². The Kier molecular flexibility index (Phi) is 2.21. The topological polar surface area (TPSA) is 57.5 Å². The van der Waals surface area contributed by atoms with Crippen molar-refractivity contribution in [3.63, 3.8) is 0 Å². The van der Waals surface area contributed by atoms with Crippen molar-refractivity contribution >= 4 is 11.9 Å². The van der Waals surface area contributed by atoms with Gasteiger partial charge in [-0.2, -0.15) is 0 Å². The van der Waals surface area contributed by atoms with Gasteiger partial charge in [-0.25, -0.2) is 0 Å². The minimum Gasteiger partial charge on any atom is -0.385 e. The van der Waals surface area contributed by atoms with Gasteiger partial charge >= 0.3 is 0 Å². The number of benzene rings is 1. The first-order valence-electron chi connectivity index (χ1n) is 4.76. The normalized spacial score (nSPS) is 28.6. The Morgan fingerprint density at radius 2 is 2.07 bits per heavy atom. The average Bonchev–Trinajstić information content (AvgIpc) is 2.23. The van der Waals surface area contributed by atoms with Gasteiger partial charge in [-0.1, -0.05) is 36.4 Å². The predicted octanol–water partition coefficient (Wildman–Crippen LogP) is 0.851. The van der Waals surface area contributed by atoms with E-state index in [1.165, 1.54) is 13.0 Å². The highest BCUT2D eigenvalue weighted by atomic mass is 16.3. The first-order chi connectivity index (χ1) is 7.06. The van der Waals surface area contributed by atoms with Crippen molar-refractivity contribution in [1.29, 1.82) is 0 Å². The van der Waals surface area contributed by atoms with Gasteiger partial charge in [-0.3, -0.25) is 4.79 Å². The molecule has 0 aliphatic heterocycles. The van der Waals surface area contributed by atoms with Crippen LogP contribution in [0.3, 0.4) is 0 Å². The number of hydrogen-bond acceptors (Lipinski definition) is 3. The fraction of sp³-hybridized carbons (Fsp3) is 0.250. The van der Waals surface area contributed by atoms with Crippen molar-refractivity contribution < 1.29 is 15.0 Å². The summed E-state index contributed by atoms with van der Waals surface area (Å²) in [5.41, 5.74) is -0.571. The minimum atomic E-state index is -1.80. The summed E-state index contributed by atoms with van der Waals surface area (Å²) in [7, 11) is 0. The van der Waals surface area contributed by atoms with Crippen LogP contribution in [0.2, 0.25) is 0 Å². The number of hydrogen-bond donors (Lipinski definition) is 2.